The van der Waals surface area contributed by atoms with E-state index in [1.54, 1.807) is 38.5 Å². The average Bonchev–Trinajstić information content (AvgIpc) is 3.67. The van der Waals surface area contributed by atoms with Crippen LogP contribution < -0.4 is 15.8 Å². The van der Waals surface area contributed by atoms with Crippen LogP contribution in [0.1, 0.15) is 23.7 Å². The Morgan fingerprint density at radius 2 is 2.00 bits per heavy atom. The van der Waals surface area contributed by atoms with Gasteiger partial charge in [0.15, 0.2) is 11.6 Å². The number of carbonyl (C=O) groups excluding carboxylic acids is 1. The third-order valence-electron chi connectivity index (χ3n) is 8.71. The van der Waals surface area contributed by atoms with Gasteiger partial charge in [-0.1, -0.05) is 6.07 Å². The second-order valence-electron chi connectivity index (χ2n) is 11.1. The fraction of sp³-hybridized carbons (Fsp3) is 0.323. The van der Waals surface area contributed by atoms with Crippen LogP contribution in [0.4, 0.5) is 20.2 Å². The molecule has 9 nitrogen and oxygen atoms in total. The van der Waals surface area contributed by atoms with Crippen molar-refractivity contribution in [3.63, 3.8) is 0 Å². The van der Waals surface area contributed by atoms with Crippen LogP contribution in [-0.4, -0.2) is 71.6 Å². The summed E-state index contributed by atoms with van der Waals surface area (Å²) in [5.74, 6) is -2.13. The first-order valence-electron chi connectivity index (χ1n) is 14.1. The Kier molecular flexibility index (Phi) is 6.16. The summed E-state index contributed by atoms with van der Waals surface area (Å²) in [5, 5.41) is 3.60. The summed E-state index contributed by atoms with van der Waals surface area (Å²) in [4.78, 5) is 38.3. The van der Waals surface area contributed by atoms with Crippen LogP contribution in [-0.2, 0) is 4.74 Å². The van der Waals surface area contributed by atoms with Gasteiger partial charge in [0, 0.05) is 67.8 Å². The van der Waals surface area contributed by atoms with Gasteiger partial charge in [-0.15, -0.1) is 0 Å². The van der Waals surface area contributed by atoms with Crippen molar-refractivity contribution in [1.82, 2.24) is 19.3 Å². The third-order valence-corrected chi connectivity index (χ3v) is 8.71. The molecule has 7 rings (SSSR count). The number of aromatic nitrogens is 3. The van der Waals surface area contributed by atoms with Crippen molar-refractivity contribution < 1.29 is 18.3 Å². The van der Waals surface area contributed by atoms with Crippen molar-refractivity contribution in [2.75, 3.05) is 50.6 Å². The SMILES string of the molecule is CCOC(=O)c1ccc2ccc(-c3cnc4[nH]c5c(NC)cc(F)c(F)c5c4c3N3CC[C@H]4CN(C)C[C@H]43)cn2c1=O. The Morgan fingerprint density at radius 3 is 2.79 bits per heavy atom. The topological polar surface area (TPSA) is 95.0 Å². The molecule has 6 heterocycles. The molecule has 0 spiro atoms. The summed E-state index contributed by atoms with van der Waals surface area (Å²) in [6.45, 7) is 4.39. The lowest BCUT2D eigenvalue weighted by molar-refractivity contribution is 0.0524. The lowest BCUT2D eigenvalue weighted by Gasteiger charge is -2.29. The van der Waals surface area contributed by atoms with Crippen molar-refractivity contribution in [2.45, 2.75) is 19.4 Å². The molecule has 42 heavy (non-hydrogen) atoms. The van der Waals surface area contributed by atoms with E-state index in [0.29, 0.717) is 44.8 Å². The van der Waals surface area contributed by atoms with E-state index in [-0.39, 0.29) is 23.6 Å². The number of carbonyl (C=O) groups is 1. The normalized spacial score (nSPS) is 18.8. The van der Waals surface area contributed by atoms with Gasteiger partial charge in [0.25, 0.3) is 5.56 Å². The van der Waals surface area contributed by atoms with Crippen LogP contribution >= 0.6 is 0 Å². The molecule has 2 fully saturated rings. The molecule has 0 amide bonds. The predicted molar refractivity (Wildman–Crippen MR) is 158 cm³/mol. The predicted octanol–water partition coefficient (Wildman–Crippen LogP) is 4.63. The molecule has 4 aromatic heterocycles. The number of H-pyrrole nitrogens is 1. The van der Waals surface area contributed by atoms with E-state index in [0.717, 1.165) is 37.8 Å². The van der Waals surface area contributed by atoms with E-state index in [1.165, 1.54) is 10.5 Å². The summed E-state index contributed by atoms with van der Waals surface area (Å²) >= 11 is 0. The number of pyridine rings is 3. The molecule has 2 aliphatic rings. The second kappa shape index (κ2) is 9.80. The summed E-state index contributed by atoms with van der Waals surface area (Å²) in [6, 6.07) is 8.16. The Balaban J connectivity index is 1.53. The summed E-state index contributed by atoms with van der Waals surface area (Å²) in [7, 11) is 3.75. The largest absolute Gasteiger partial charge is 0.462 e. The molecule has 0 radical (unpaired) electrons. The molecule has 0 saturated carbocycles. The van der Waals surface area contributed by atoms with Crippen molar-refractivity contribution in [3.8, 4) is 11.1 Å². The second-order valence-corrected chi connectivity index (χ2v) is 11.1. The molecule has 1 aromatic carbocycles. The standard InChI is InChI=1S/C31H30F2N6O3/c1-4-42-31(41)19-8-7-18-6-5-16(14-39(18)30(19)40)20-12-35-29-25(24-26(33)21(32)11-22(34-2)27(24)36-29)28(20)38-10-9-17-13-37(3)15-23(17)38/h5-8,11-12,14,17,23,34H,4,9-10,13,15H2,1-3H3,(H,35,36)/t17-,23+/m0/s1. The molecular formula is C31H30F2N6O3. The highest BCUT2D eigenvalue weighted by molar-refractivity contribution is 6.18. The van der Waals surface area contributed by atoms with Crippen LogP contribution in [0.2, 0.25) is 0 Å². The van der Waals surface area contributed by atoms with E-state index in [4.69, 9.17) is 4.74 Å². The molecule has 0 unspecified atom stereocenters. The van der Waals surface area contributed by atoms with E-state index in [2.05, 4.69) is 32.1 Å². The minimum atomic E-state index is -0.951. The van der Waals surface area contributed by atoms with Crippen LogP contribution in [0.15, 0.2) is 47.5 Å². The molecule has 2 atom stereocenters. The van der Waals surface area contributed by atoms with E-state index in [9.17, 15) is 14.0 Å². The number of nitrogens with one attached hydrogen (secondary N) is 2. The van der Waals surface area contributed by atoms with Crippen molar-refractivity contribution in [3.05, 3.63) is 70.3 Å². The fourth-order valence-electron chi connectivity index (χ4n) is 6.82. The maximum Gasteiger partial charge on any atom is 0.343 e. The van der Waals surface area contributed by atoms with Gasteiger partial charge < -0.3 is 24.8 Å². The highest BCUT2D eigenvalue weighted by atomic mass is 19.2. The van der Waals surface area contributed by atoms with Gasteiger partial charge in [-0.2, -0.15) is 0 Å². The van der Waals surface area contributed by atoms with Crippen molar-refractivity contribution in [2.24, 2.45) is 5.92 Å². The average molecular weight is 573 g/mol. The van der Waals surface area contributed by atoms with Crippen molar-refractivity contribution >= 4 is 44.8 Å². The Morgan fingerprint density at radius 1 is 1.19 bits per heavy atom. The van der Waals surface area contributed by atoms with Crippen molar-refractivity contribution in [1.29, 1.82) is 0 Å². The van der Waals surface area contributed by atoms with Gasteiger partial charge in [-0.25, -0.2) is 18.6 Å². The highest BCUT2D eigenvalue weighted by Crippen LogP contribution is 2.46. The van der Waals surface area contributed by atoms with Gasteiger partial charge in [0.05, 0.1) is 34.3 Å². The molecule has 2 saturated heterocycles. The van der Waals surface area contributed by atoms with Gasteiger partial charge in [0.2, 0.25) is 0 Å². The third kappa shape index (κ3) is 3.87. The Hall–Kier alpha value is -4.51. The molecule has 2 aliphatic heterocycles. The minimum Gasteiger partial charge on any atom is -0.462 e. The number of rotatable bonds is 5. The number of anilines is 2. The number of hydrogen-bond donors (Lipinski definition) is 2. The molecule has 11 heteroatoms. The minimum absolute atomic E-state index is 0.0644. The molecule has 216 valence electrons. The van der Waals surface area contributed by atoms with E-state index < -0.39 is 23.2 Å². The lowest BCUT2D eigenvalue weighted by atomic mass is 10.00. The van der Waals surface area contributed by atoms with Gasteiger partial charge >= 0.3 is 5.97 Å². The van der Waals surface area contributed by atoms with Crippen LogP contribution in [0.3, 0.4) is 0 Å². The quantitative estimate of drug-likeness (QED) is 0.297. The van der Waals surface area contributed by atoms with E-state index >= 15 is 4.39 Å². The number of ether oxygens (including phenoxy) is 1. The smallest absolute Gasteiger partial charge is 0.343 e. The molecule has 5 aromatic rings. The van der Waals surface area contributed by atoms with Crippen LogP contribution in [0.5, 0.6) is 0 Å². The van der Waals surface area contributed by atoms with Crippen LogP contribution in [0.25, 0.3) is 38.6 Å². The number of aromatic amines is 1. The molecular weight excluding hydrogens is 542 g/mol. The number of halogens is 2. The first kappa shape index (κ1) is 26.4. The molecule has 0 bridgehead atoms. The maximum atomic E-state index is 15.7. The molecule has 2 N–H and O–H groups in total. The summed E-state index contributed by atoms with van der Waals surface area (Å²) in [6.07, 6.45) is 4.36. The number of likely N-dealkylation sites (N-methyl/N-ethyl adjacent to an activating group) is 1. The summed E-state index contributed by atoms with van der Waals surface area (Å²) < 4.78 is 37.1. The first-order chi connectivity index (χ1) is 20.3. The Bertz CT molecular complexity index is 1970. The fourth-order valence-corrected chi connectivity index (χ4v) is 6.82. The lowest BCUT2D eigenvalue weighted by Crippen LogP contribution is -2.35. The van der Waals surface area contributed by atoms with Gasteiger partial charge in [-0.05, 0) is 44.5 Å². The number of benzene rings is 1. The summed E-state index contributed by atoms with van der Waals surface area (Å²) in [5.41, 5.74) is 3.43. The number of fused-ring (bicyclic) bond motifs is 5. The zero-order chi connectivity index (χ0) is 29.3. The number of esters is 1. The monoisotopic (exact) mass is 572 g/mol. The molecule has 0 aliphatic carbocycles. The van der Waals surface area contributed by atoms with Crippen LogP contribution in [0, 0.1) is 17.6 Å². The number of nitrogens with zero attached hydrogens (tertiary/aromatic N) is 4. The zero-order valence-corrected chi connectivity index (χ0v) is 23.5. The first-order valence-corrected chi connectivity index (χ1v) is 14.1. The maximum absolute atomic E-state index is 15.7. The van der Waals surface area contributed by atoms with Gasteiger partial charge in [-0.3, -0.25) is 9.20 Å². The van der Waals surface area contributed by atoms with E-state index in [1.807, 2.05) is 6.07 Å². The highest BCUT2D eigenvalue weighted by Gasteiger charge is 2.42. The Labute approximate surface area is 239 Å². The zero-order valence-electron chi connectivity index (χ0n) is 23.5. The van der Waals surface area contributed by atoms with Gasteiger partial charge in [0.1, 0.15) is 11.2 Å². The number of likely N-dealkylation sites (tertiary alicyclic amines) is 1. The number of hydrogen-bond acceptors (Lipinski definition) is 7.